The van der Waals surface area contributed by atoms with Crippen LogP contribution in [0.15, 0.2) is 35.5 Å². The predicted molar refractivity (Wildman–Crippen MR) is 123 cm³/mol. The Morgan fingerprint density at radius 2 is 2.06 bits per heavy atom. The second-order valence-electron chi connectivity index (χ2n) is 8.46. The van der Waals surface area contributed by atoms with Gasteiger partial charge in [0.1, 0.15) is 17.0 Å². The summed E-state index contributed by atoms with van der Waals surface area (Å²) in [4.78, 5) is 18.2. The van der Waals surface area contributed by atoms with Gasteiger partial charge in [0.2, 0.25) is 0 Å². The zero-order valence-corrected chi connectivity index (χ0v) is 19.4. The molecule has 0 radical (unpaired) electrons. The van der Waals surface area contributed by atoms with Crippen LogP contribution in [-0.2, 0) is 19.4 Å². The van der Waals surface area contributed by atoms with E-state index in [-0.39, 0.29) is 22.0 Å². The van der Waals surface area contributed by atoms with E-state index in [2.05, 4.69) is 15.4 Å². The van der Waals surface area contributed by atoms with Crippen molar-refractivity contribution in [3.05, 3.63) is 35.5 Å². The van der Waals surface area contributed by atoms with Gasteiger partial charge in [0.05, 0.1) is 28.1 Å². The van der Waals surface area contributed by atoms with E-state index in [1.54, 1.807) is 29.1 Å². The summed E-state index contributed by atoms with van der Waals surface area (Å²) in [6.07, 6.45) is 6.57. The summed E-state index contributed by atoms with van der Waals surface area (Å²) >= 11 is 1.11. The zero-order valence-electron chi connectivity index (χ0n) is 17.8. The number of hydrogen-bond acceptors (Lipinski definition) is 8. The third-order valence-electron chi connectivity index (χ3n) is 6.21. The number of carbonyl (C=O) groups is 1. The molecule has 11 heteroatoms. The zero-order chi connectivity index (χ0) is 23.0. The number of nitrogens with one attached hydrogen (secondary N) is 1. The molecule has 1 aromatic carbocycles. The summed E-state index contributed by atoms with van der Waals surface area (Å²) in [7, 11) is -3.41. The summed E-state index contributed by atoms with van der Waals surface area (Å²) in [5.74, 6) is -0.0149. The number of amides is 1. The van der Waals surface area contributed by atoms with Gasteiger partial charge in [0.15, 0.2) is 15.0 Å². The smallest absolute Gasteiger partial charge is 0.251 e. The van der Waals surface area contributed by atoms with Gasteiger partial charge >= 0.3 is 0 Å². The number of anilines is 1. The normalized spacial score (nSPS) is 18.2. The molecule has 1 N–H and O–H groups in total. The molecule has 5 rings (SSSR count). The molecule has 1 atom stereocenters. The monoisotopic (exact) mass is 485 g/mol. The lowest BCUT2D eigenvalue weighted by atomic mass is 9.92. The fourth-order valence-electron chi connectivity index (χ4n) is 4.29. The highest BCUT2D eigenvalue weighted by Crippen LogP contribution is 2.37. The van der Waals surface area contributed by atoms with E-state index in [9.17, 15) is 13.2 Å². The van der Waals surface area contributed by atoms with E-state index < -0.39 is 15.9 Å². The Bertz CT molecular complexity index is 1330. The second-order valence-corrected chi connectivity index (χ2v) is 11.7. The molecular formula is C22H23N5O4S2. The Balaban J connectivity index is 1.51. The van der Waals surface area contributed by atoms with E-state index in [1.807, 2.05) is 6.07 Å². The average molecular weight is 486 g/mol. The van der Waals surface area contributed by atoms with Gasteiger partial charge in [-0.1, -0.05) is 17.4 Å². The average Bonchev–Trinajstić information content (AvgIpc) is 3.46. The van der Waals surface area contributed by atoms with Crippen molar-refractivity contribution in [2.45, 2.75) is 48.3 Å². The van der Waals surface area contributed by atoms with E-state index in [1.165, 1.54) is 6.20 Å². The molecule has 2 aliphatic rings. The van der Waals surface area contributed by atoms with Crippen molar-refractivity contribution in [1.82, 2.24) is 14.8 Å². The summed E-state index contributed by atoms with van der Waals surface area (Å²) < 4.78 is 33.0. The first-order valence-electron chi connectivity index (χ1n) is 10.9. The lowest BCUT2D eigenvalue weighted by Gasteiger charge is -2.26. The van der Waals surface area contributed by atoms with Crippen molar-refractivity contribution in [2.75, 3.05) is 18.5 Å². The molecule has 1 saturated carbocycles. The molecule has 2 aromatic heterocycles. The van der Waals surface area contributed by atoms with Crippen LogP contribution in [0.25, 0.3) is 10.9 Å². The van der Waals surface area contributed by atoms with Crippen molar-refractivity contribution in [2.24, 2.45) is 5.92 Å². The summed E-state index contributed by atoms with van der Waals surface area (Å²) in [6, 6.07) is 6.49. The number of ether oxygens (including phenoxy) is 1. The third kappa shape index (κ3) is 4.38. The molecule has 172 valence electrons. The first-order chi connectivity index (χ1) is 16.0. The van der Waals surface area contributed by atoms with Crippen molar-refractivity contribution >= 4 is 43.1 Å². The second kappa shape index (κ2) is 8.85. The highest BCUT2D eigenvalue weighted by Gasteiger charge is 2.38. The molecule has 3 heterocycles. The molecule has 2 fully saturated rings. The molecule has 1 aliphatic heterocycles. The lowest BCUT2D eigenvalue weighted by Crippen LogP contribution is -2.30. The van der Waals surface area contributed by atoms with Crippen LogP contribution in [0.3, 0.4) is 0 Å². The maximum absolute atomic E-state index is 13.4. The Morgan fingerprint density at radius 1 is 1.27 bits per heavy atom. The van der Waals surface area contributed by atoms with Crippen LogP contribution >= 0.6 is 11.3 Å². The summed E-state index contributed by atoms with van der Waals surface area (Å²) in [5, 5.41) is 16.9. The van der Waals surface area contributed by atoms with Gasteiger partial charge in [-0.25, -0.2) is 13.4 Å². The fraction of sp³-hybridized carbons (Fsp3) is 0.455. The predicted octanol–water partition coefficient (Wildman–Crippen LogP) is 3.30. The molecule has 1 aliphatic carbocycles. The van der Waals surface area contributed by atoms with E-state index in [0.29, 0.717) is 53.4 Å². The summed E-state index contributed by atoms with van der Waals surface area (Å²) in [6.45, 7) is 1.31. The Kier molecular flexibility index (Phi) is 5.90. The number of nitrogens with zero attached hydrogens (tertiary/aromatic N) is 4. The highest BCUT2D eigenvalue weighted by molar-refractivity contribution is 7.92. The van der Waals surface area contributed by atoms with Crippen molar-refractivity contribution in [1.29, 1.82) is 5.26 Å². The van der Waals surface area contributed by atoms with Crippen molar-refractivity contribution in [3.63, 3.8) is 0 Å². The Labute approximate surface area is 195 Å². The molecule has 3 aromatic rings. The van der Waals surface area contributed by atoms with Crippen LogP contribution in [0, 0.1) is 17.2 Å². The molecule has 9 nitrogen and oxygen atoms in total. The number of aromatic nitrogens is 3. The maximum atomic E-state index is 13.4. The number of thiazole rings is 1. The van der Waals surface area contributed by atoms with Gasteiger partial charge in [-0.05, 0) is 50.2 Å². The number of rotatable bonds is 7. The van der Waals surface area contributed by atoms with Crippen LogP contribution in [-0.4, -0.2) is 47.6 Å². The molecule has 1 amide bonds. The standard InChI is InChI=1S/C22H23N5O4S2/c23-11-15-12-24-22(32-15)26-21(28)19(10-14-6-8-31-9-7-14)27-18-2-1-3-20(17(18)13-25-27)33(29,30)16-4-5-16/h1-3,12-14,16,19H,4-10H2,(H,24,26,28)/t19-/m0/s1. The fourth-order valence-corrected chi connectivity index (χ4v) is 6.75. The van der Waals surface area contributed by atoms with Crippen LogP contribution in [0.1, 0.15) is 43.0 Å². The van der Waals surface area contributed by atoms with E-state index >= 15 is 0 Å². The first kappa shape index (κ1) is 22.0. The van der Waals surface area contributed by atoms with Gasteiger partial charge in [-0.2, -0.15) is 10.4 Å². The van der Waals surface area contributed by atoms with Gasteiger partial charge in [-0.3, -0.25) is 9.48 Å². The number of hydrogen-bond donors (Lipinski definition) is 1. The molecule has 0 spiro atoms. The molecule has 0 unspecified atom stereocenters. The van der Waals surface area contributed by atoms with E-state index in [0.717, 1.165) is 24.2 Å². The summed E-state index contributed by atoms with van der Waals surface area (Å²) in [5.41, 5.74) is 0.612. The minimum atomic E-state index is -3.41. The van der Waals surface area contributed by atoms with Gasteiger partial charge in [0.25, 0.3) is 5.91 Å². The number of sulfone groups is 1. The number of benzene rings is 1. The van der Waals surface area contributed by atoms with Gasteiger partial charge in [-0.15, -0.1) is 0 Å². The molecule has 33 heavy (non-hydrogen) atoms. The van der Waals surface area contributed by atoms with Crippen molar-refractivity contribution in [3.8, 4) is 6.07 Å². The third-order valence-corrected chi connectivity index (χ3v) is 9.35. The first-order valence-corrected chi connectivity index (χ1v) is 13.3. The van der Waals surface area contributed by atoms with E-state index in [4.69, 9.17) is 10.00 Å². The van der Waals surface area contributed by atoms with Gasteiger partial charge in [0, 0.05) is 18.6 Å². The molecule has 0 bridgehead atoms. The minimum absolute atomic E-state index is 0.276. The molecule has 1 saturated heterocycles. The Hall–Kier alpha value is -2.81. The topological polar surface area (TPSA) is 127 Å². The quantitative estimate of drug-likeness (QED) is 0.544. The SMILES string of the molecule is N#Cc1cnc(NC(=O)[C@H](CC2CCOCC2)n2ncc3c(S(=O)(=O)C4CC4)cccc32)s1. The minimum Gasteiger partial charge on any atom is -0.381 e. The van der Waals surface area contributed by atoms with Crippen molar-refractivity contribution < 1.29 is 17.9 Å². The van der Waals surface area contributed by atoms with Gasteiger partial charge < -0.3 is 10.1 Å². The maximum Gasteiger partial charge on any atom is 0.251 e. The lowest BCUT2D eigenvalue weighted by molar-refractivity contribution is -0.120. The number of nitriles is 1. The number of carbonyl (C=O) groups excluding carboxylic acids is 1. The highest BCUT2D eigenvalue weighted by atomic mass is 32.2. The number of fused-ring (bicyclic) bond motifs is 1. The van der Waals surface area contributed by atoms with Crippen LogP contribution in [0.5, 0.6) is 0 Å². The van der Waals surface area contributed by atoms with Crippen LogP contribution in [0.4, 0.5) is 5.13 Å². The largest absolute Gasteiger partial charge is 0.381 e. The Morgan fingerprint density at radius 3 is 2.76 bits per heavy atom. The van der Waals surface area contributed by atoms with Crippen LogP contribution < -0.4 is 5.32 Å². The van der Waals surface area contributed by atoms with Crippen LogP contribution in [0.2, 0.25) is 0 Å². The molecular weight excluding hydrogens is 462 g/mol.